The molecule has 0 heterocycles. The summed E-state index contributed by atoms with van der Waals surface area (Å²) in [5.74, 6) is 0. The zero-order chi connectivity index (χ0) is 13.0. The third kappa shape index (κ3) is 3.63. The average molecular weight is 342 g/mol. The monoisotopic (exact) mass is 342 g/mol. The molecule has 0 aliphatic heterocycles. The van der Waals surface area contributed by atoms with Crippen LogP contribution in [0.3, 0.4) is 0 Å². The Morgan fingerprint density at radius 2 is 1.56 bits per heavy atom. The molecule has 3 heteroatoms. The van der Waals surface area contributed by atoms with Gasteiger partial charge in [-0.15, -0.1) is 0 Å². The molecule has 0 aliphatic rings. The van der Waals surface area contributed by atoms with Gasteiger partial charge >= 0.3 is 124 Å². The van der Waals surface area contributed by atoms with Gasteiger partial charge in [0.25, 0.3) is 0 Å². The van der Waals surface area contributed by atoms with Crippen molar-refractivity contribution in [2.45, 2.75) is 6.92 Å². The molecule has 0 aromatic heterocycles. The predicted molar refractivity (Wildman–Crippen MR) is 81.7 cm³/mol. The van der Waals surface area contributed by atoms with Gasteiger partial charge in [0.05, 0.1) is 0 Å². The van der Waals surface area contributed by atoms with Crippen molar-refractivity contribution in [1.29, 1.82) is 0 Å². The van der Waals surface area contributed by atoms with Gasteiger partial charge in [0.15, 0.2) is 0 Å². The van der Waals surface area contributed by atoms with Crippen LogP contribution in [-0.4, -0.2) is 15.0 Å². The van der Waals surface area contributed by atoms with Crippen LogP contribution in [0, 0.1) is 0 Å². The predicted octanol–water partition coefficient (Wildman–Crippen LogP) is 4.30. The van der Waals surface area contributed by atoms with Gasteiger partial charge in [0, 0.05) is 0 Å². The molecule has 2 aromatic carbocycles. The molecule has 0 unspecified atom stereocenters. The normalized spacial score (nSPS) is 12.2. The van der Waals surface area contributed by atoms with E-state index in [9.17, 15) is 0 Å². The molecule has 0 spiro atoms. The van der Waals surface area contributed by atoms with Crippen molar-refractivity contribution in [2.24, 2.45) is 0 Å². The zero-order valence-electron chi connectivity index (χ0n) is 9.86. The van der Waals surface area contributed by atoms with Gasteiger partial charge in [-0.2, -0.15) is 0 Å². The Bertz CT molecular complexity index is 544. The first-order valence-electron chi connectivity index (χ1n) is 5.52. The van der Waals surface area contributed by atoms with Crippen LogP contribution in [0.2, 0.25) is 5.02 Å². The Balaban J connectivity index is 2.22. The molecule has 0 radical (unpaired) electrons. The van der Waals surface area contributed by atoms with Crippen LogP contribution in [0.15, 0.2) is 58.5 Å². The fourth-order valence-corrected chi connectivity index (χ4v) is 3.80. The van der Waals surface area contributed by atoms with Crippen molar-refractivity contribution in [3.05, 3.63) is 69.1 Å². The first kappa shape index (κ1) is 13.7. The molecular formula is C15H12Cl2Se. The van der Waals surface area contributed by atoms with Crippen molar-refractivity contribution < 1.29 is 0 Å². The van der Waals surface area contributed by atoms with Gasteiger partial charge in [0.2, 0.25) is 0 Å². The van der Waals surface area contributed by atoms with Crippen LogP contribution >= 0.6 is 23.2 Å². The van der Waals surface area contributed by atoms with Crippen molar-refractivity contribution in [2.75, 3.05) is 0 Å². The number of rotatable bonds is 3. The fourth-order valence-electron chi connectivity index (χ4n) is 1.48. The van der Waals surface area contributed by atoms with E-state index in [4.69, 9.17) is 23.2 Å². The fraction of sp³-hybridized carbons (Fsp3) is 0.0667. The summed E-state index contributed by atoms with van der Waals surface area (Å²) in [7, 11) is 0. The molecule has 92 valence electrons. The van der Waals surface area contributed by atoms with Crippen LogP contribution < -0.4 is 4.46 Å². The molecule has 0 N–H and O–H groups in total. The summed E-state index contributed by atoms with van der Waals surface area (Å²) in [6.07, 6.45) is 0. The first-order valence-corrected chi connectivity index (χ1v) is 7.99. The van der Waals surface area contributed by atoms with Crippen LogP contribution in [0.4, 0.5) is 0 Å². The molecule has 0 atom stereocenters. The van der Waals surface area contributed by atoms with E-state index in [1.54, 1.807) is 0 Å². The Morgan fingerprint density at radius 3 is 2.17 bits per heavy atom. The molecule has 2 aromatic rings. The Hall–Kier alpha value is -0.721. The van der Waals surface area contributed by atoms with Crippen molar-refractivity contribution in [3.63, 3.8) is 0 Å². The summed E-state index contributed by atoms with van der Waals surface area (Å²) in [6.45, 7) is 2.05. The van der Waals surface area contributed by atoms with Crippen LogP contribution in [0.25, 0.3) is 5.57 Å². The topological polar surface area (TPSA) is 0 Å². The summed E-state index contributed by atoms with van der Waals surface area (Å²) < 4.78 is 2.21. The molecule has 0 amide bonds. The summed E-state index contributed by atoms with van der Waals surface area (Å²) in [5.41, 5.74) is 2.25. The summed E-state index contributed by atoms with van der Waals surface area (Å²) in [5, 5.41) is 0.747. The van der Waals surface area contributed by atoms with E-state index in [0.29, 0.717) is 0 Å². The average Bonchev–Trinajstić information content (AvgIpc) is 2.40. The summed E-state index contributed by atoms with van der Waals surface area (Å²) >= 11 is 12.5. The number of allylic oxidation sites excluding steroid dienone is 1. The van der Waals surface area contributed by atoms with E-state index in [1.165, 1.54) is 4.46 Å². The maximum absolute atomic E-state index is 6.41. The third-order valence-corrected chi connectivity index (χ3v) is 5.54. The third-order valence-electron chi connectivity index (χ3n) is 2.52. The Morgan fingerprint density at radius 1 is 0.944 bits per heavy atom. The van der Waals surface area contributed by atoms with Crippen molar-refractivity contribution in [3.8, 4) is 0 Å². The van der Waals surface area contributed by atoms with Gasteiger partial charge in [-0.3, -0.25) is 0 Å². The van der Waals surface area contributed by atoms with Crippen LogP contribution in [0.5, 0.6) is 0 Å². The maximum atomic E-state index is 6.41. The van der Waals surface area contributed by atoms with Gasteiger partial charge in [-0.05, 0) is 0 Å². The van der Waals surface area contributed by atoms with Gasteiger partial charge < -0.3 is 0 Å². The number of benzene rings is 2. The van der Waals surface area contributed by atoms with E-state index >= 15 is 0 Å². The number of hydrogen-bond donors (Lipinski definition) is 0. The molecule has 0 saturated heterocycles. The van der Waals surface area contributed by atoms with Gasteiger partial charge in [-0.1, -0.05) is 0 Å². The molecule has 0 fully saturated rings. The van der Waals surface area contributed by atoms with E-state index in [-0.39, 0.29) is 15.0 Å². The van der Waals surface area contributed by atoms with Crippen LogP contribution in [0.1, 0.15) is 12.5 Å². The standard InChI is InChI=1S/C15H12Cl2Se/c1-11(12-7-9-13(16)10-8-12)15(17)18-14-5-3-2-4-6-14/h2-10H,1H3/b15-11+. The second-order valence-corrected chi connectivity index (χ2v) is 7.42. The first-order chi connectivity index (χ1) is 8.66. The van der Waals surface area contributed by atoms with E-state index < -0.39 is 0 Å². The zero-order valence-corrected chi connectivity index (χ0v) is 13.1. The van der Waals surface area contributed by atoms with E-state index in [2.05, 4.69) is 19.1 Å². The minimum absolute atomic E-state index is 0.159. The quantitative estimate of drug-likeness (QED) is 0.730. The molecule has 0 bridgehead atoms. The number of halogens is 2. The molecular weight excluding hydrogens is 330 g/mol. The Kier molecular flexibility index (Phi) is 4.91. The van der Waals surface area contributed by atoms with E-state index in [0.717, 1.165) is 20.1 Å². The second kappa shape index (κ2) is 6.45. The second-order valence-electron chi connectivity index (χ2n) is 3.82. The number of hydrogen-bond acceptors (Lipinski definition) is 0. The summed E-state index contributed by atoms with van der Waals surface area (Å²) in [4.78, 5) is 0. The molecule has 18 heavy (non-hydrogen) atoms. The molecule has 0 nitrogen and oxygen atoms in total. The Labute approximate surface area is 124 Å². The van der Waals surface area contributed by atoms with Gasteiger partial charge in [-0.25, -0.2) is 0 Å². The van der Waals surface area contributed by atoms with Crippen molar-refractivity contribution >= 4 is 48.2 Å². The SMILES string of the molecule is C/C(=C(/Cl)[Se]c1ccccc1)c1ccc(Cl)cc1. The molecule has 0 saturated carbocycles. The van der Waals surface area contributed by atoms with Crippen LogP contribution in [-0.2, 0) is 0 Å². The summed E-state index contributed by atoms with van der Waals surface area (Å²) in [6, 6.07) is 18.1. The minimum atomic E-state index is 0.159. The molecule has 0 aliphatic carbocycles. The van der Waals surface area contributed by atoms with Gasteiger partial charge in [0.1, 0.15) is 0 Å². The van der Waals surface area contributed by atoms with Crippen molar-refractivity contribution in [1.82, 2.24) is 0 Å². The molecule has 2 rings (SSSR count). The van der Waals surface area contributed by atoms with E-state index in [1.807, 2.05) is 42.5 Å².